The first kappa shape index (κ1) is 20.9. The Balaban J connectivity index is 1.58. The molecule has 12 heteroatoms. The molecule has 2 aromatic heterocycles. The lowest BCUT2D eigenvalue weighted by molar-refractivity contribution is 0.445. The molecule has 0 saturated carbocycles. The molecular weight excluding hydrogens is 450 g/mol. The lowest BCUT2D eigenvalue weighted by atomic mass is 10.3. The molecule has 3 N–H and O–H groups in total. The molecule has 30 heavy (non-hydrogen) atoms. The van der Waals surface area contributed by atoms with Crippen LogP contribution in [0.4, 0.5) is 17.3 Å². The van der Waals surface area contributed by atoms with Crippen molar-refractivity contribution in [2.45, 2.75) is 31.2 Å². The largest absolute Gasteiger partial charge is 0.504 e. The summed E-state index contributed by atoms with van der Waals surface area (Å²) in [5.74, 6) is 1.91. The van der Waals surface area contributed by atoms with E-state index < -0.39 is 15.8 Å². The number of furan rings is 1. The Morgan fingerprint density at radius 3 is 2.67 bits per heavy atom. The minimum absolute atomic E-state index is 0.130. The van der Waals surface area contributed by atoms with Crippen LogP contribution in [0, 0.1) is 6.92 Å². The number of hydrogen-bond acceptors (Lipinski definition) is 9. The van der Waals surface area contributed by atoms with Crippen LogP contribution in [-0.4, -0.2) is 39.7 Å². The predicted molar refractivity (Wildman–Crippen MR) is 115 cm³/mol. The fourth-order valence-corrected chi connectivity index (χ4v) is 5.62. The molecule has 160 valence electrons. The molecule has 1 fully saturated rings. The number of aromatic nitrogens is 2. The molecule has 1 aliphatic rings. The maximum atomic E-state index is 12.9. The Hall–Kier alpha value is -2.34. The van der Waals surface area contributed by atoms with Crippen LogP contribution in [0.5, 0.6) is 5.75 Å². The topological polar surface area (TPSA) is 121 Å². The van der Waals surface area contributed by atoms with Gasteiger partial charge in [-0.15, -0.1) is 0 Å². The highest BCUT2D eigenvalue weighted by Gasteiger charge is 2.31. The van der Waals surface area contributed by atoms with Gasteiger partial charge in [-0.2, -0.15) is 13.1 Å². The maximum absolute atomic E-state index is 12.9. The van der Waals surface area contributed by atoms with Gasteiger partial charge in [-0.25, -0.2) is 8.42 Å². The number of nitrogens with one attached hydrogen (secondary N) is 2. The van der Waals surface area contributed by atoms with Crippen molar-refractivity contribution in [3.8, 4) is 5.75 Å². The highest BCUT2D eigenvalue weighted by atomic mass is 35.5. The van der Waals surface area contributed by atoms with E-state index >= 15 is 0 Å². The predicted octanol–water partition coefficient (Wildman–Crippen LogP) is 3.94. The Morgan fingerprint density at radius 1 is 1.23 bits per heavy atom. The van der Waals surface area contributed by atoms with Crippen LogP contribution in [0.1, 0.15) is 24.4 Å². The zero-order valence-electron chi connectivity index (χ0n) is 16.1. The fraction of sp³-hybridized carbons (Fsp3) is 0.333. The summed E-state index contributed by atoms with van der Waals surface area (Å²) >= 11 is 7.13. The first-order valence-electron chi connectivity index (χ1n) is 9.26. The summed E-state index contributed by atoms with van der Waals surface area (Å²) < 4.78 is 41.1. The minimum atomic E-state index is -3.85. The molecule has 3 heterocycles. The Kier molecular flexibility index (Phi) is 5.87. The summed E-state index contributed by atoms with van der Waals surface area (Å²) in [5, 5.41) is 16.9. The molecule has 1 saturated heterocycles. The van der Waals surface area contributed by atoms with Gasteiger partial charge in [0.25, 0.3) is 0 Å². The third-order valence-electron chi connectivity index (χ3n) is 4.69. The number of phenols is 1. The van der Waals surface area contributed by atoms with Gasteiger partial charge in [0.2, 0.25) is 10.0 Å². The van der Waals surface area contributed by atoms with E-state index in [-0.39, 0.29) is 15.6 Å². The van der Waals surface area contributed by atoms with E-state index in [1.54, 1.807) is 0 Å². The molecule has 9 nitrogen and oxygen atoms in total. The lowest BCUT2D eigenvalue weighted by Gasteiger charge is -2.18. The Morgan fingerprint density at radius 2 is 1.97 bits per heavy atom. The molecule has 4 rings (SSSR count). The number of phenolic OH excluding ortho intramolecular Hbond substituents is 1. The van der Waals surface area contributed by atoms with Gasteiger partial charge in [0.1, 0.15) is 16.4 Å². The number of anilines is 3. The van der Waals surface area contributed by atoms with Crippen molar-refractivity contribution >= 4 is 50.7 Å². The molecular formula is C18H20ClN5O4S2. The third kappa shape index (κ3) is 4.24. The molecule has 0 atom stereocenters. The van der Waals surface area contributed by atoms with Gasteiger partial charge in [-0.1, -0.05) is 11.6 Å². The lowest BCUT2D eigenvalue weighted by Crippen LogP contribution is -2.28. The highest BCUT2D eigenvalue weighted by molar-refractivity contribution is 7.89. The molecule has 1 aliphatic heterocycles. The maximum Gasteiger partial charge on any atom is 0.246 e. The standard InChI is InChI=1S/C18H20ClN5O4S2/c1-11-4-5-13(28-11)10-20-17-18(23-29-22-17)21-14-8-12(19)9-15(16(14)25)30(26,27)24-6-2-3-7-24/h4-5,8-9,25H,2-3,6-7,10H2,1H3,(H,20,22)(H,21,23). The van der Waals surface area contributed by atoms with Gasteiger partial charge in [-0.3, -0.25) is 0 Å². The SMILES string of the molecule is Cc1ccc(CNc2nsnc2Nc2cc(Cl)cc(S(=O)(=O)N3CCCC3)c2O)o1. The van der Waals surface area contributed by atoms with Crippen LogP contribution in [0.2, 0.25) is 5.02 Å². The van der Waals surface area contributed by atoms with E-state index in [0.29, 0.717) is 31.3 Å². The fourth-order valence-electron chi connectivity index (χ4n) is 3.20. The second kappa shape index (κ2) is 8.42. The van der Waals surface area contributed by atoms with Crippen molar-refractivity contribution in [3.63, 3.8) is 0 Å². The van der Waals surface area contributed by atoms with Gasteiger partial charge in [0.15, 0.2) is 17.4 Å². The Bertz CT molecular complexity index is 1160. The summed E-state index contributed by atoms with van der Waals surface area (Å²) in [6.07, 6.45) is 1.58. The van der Waals surface area contributed by atoms with E-state index in [4.69, 9.17) is 16.0 Å². The van der Waals surface area contributed by atoms with Gasteiger partial charge >= 0.3 is 0 Å². The first-order valence-corrected chi connectivity index (χ1v) is 11.8. The average Bonchev–Trinajstić information content (AvgIpc) is 3.45. The van der Waals surface area contributed by atoms with Crippen LogP contribution in [0.15, 0.2) is 33.6 Å². The van der Waals surface area contributed by atoms with Crippen LogP contribution in [0.3, 0.4) is 0 Å². The minimum Gasteiger partial charge on any atom is -0.504 e. The monoisotopic (exact) mass is 469 g/mol. The first-order chi connectivity index (χ1) is 14.3. The molecule has 0 aliphatic carbocycles. The summed E-state index contributed by atoms with van der Waals surface area (Å²) in [6, 6.07) is 6.42. The quantitative estimate of drug-likeness (QED) is 0.445. The van der Waals surface area contributed by atoms with Crippen molar-refractivity contribution in [1.82, 2.24) is 13.1 Å². The average molecular weight is 470 g/mol. The van der Waals surface area contributed by atoms with E-state index in [0.717, 1.165) is 36.1 Å². The molecule has 0 unspecified atom stereocenters. The molecule has 0 radical (unpaired) electrons. The van der Waals surface area contributed by atoms with Gasteiger partial charge in [0, 0.05) is 18.1 Å². The van der Waals surface area contributed by atoms with Crippen LogP contribution < -0.4 is 10.6 Å². The van der Waals surface area contributed by atoms with Gasteiger partial charge in [0.05, 0.1) is 24.0 Å². The second-order valence-corrected chi connectivity index (χ2v) is 9.73. The highest BCUT2D eigenvalue weighted by Crippen LogP contribution is 2.39. The van der Waals surface area contributed by atoms with Crippen molar-refractivity contribution in [2.24, 2.45) is 0 Å². The van der Waals surface area contributed by atoms with Crippen LogP contribution >= 0.6 is 23.3 Å². The number of hydrogen-bond donors (Lipinski definition) is 3. The van der Waals surface area contributed by atoms with Crippen LogP contribution in [0.25, 0.3) is 0 Å². The normalized spacial score (nSPS) is 14.9. The zero-order valence-corrected chi connectivity index (χ0v) is 18.4. The van der Waals surface area contributed by atoms with Crippen LogP contribution in [-0.2, 0) is 16.6 Å². The smallest absolute Gasteiger partial charge is 0.246 e. The number of aromatic hydroxyl groups is 1. The third-order valence-corrected chi connectivity index (χ3v) is 7.35. The molecule has 3 aromatic rings. The molecule has 1 aromatic carbocycles. The van der Waals surface area contributed by atoms with Crippen molar-refractivity contribution in [3.05, 3.63) is 40.8 Å². The number of sulfonamides is 1. The van der Waals surface area contributed by atoms with E-state index in [9.17, 15) is 13.5 Å². The number of halogens is 1. The van der Waals surface area contributed by atoms with Crippen molar-refractivity contribution < 1.29 is 17.9 Å². The Labute approximate surface area is 183 Å². The number of aryl methyl sites for hydroxylation is 1. The molecule has 0 amide bonds. The number of nitrogens with zero attached hydrogens (tertiary/aromatic N) is 3. The zero-order chi connectivity index (χ0) is 21.3. The summed E-state index contributed by atoms with van der Waals surface area (Å²) in [6.45, 7) is 3.10. The summed E-state index contributed by atoms with van der Waals surface area (Å²) in [4.78, 5) is -0.233. The van der Waals surface area contributed by atoms with Crippen molar-refractivity contribution in [1.29, 1.82) is 0 Å². The van der Waals surface area contributed by atoms with Crippen molar-refractivity contribution in [2.75, 3.05) is 23.7 Å². The van der Waals surface area contributed by atoms with E-state index in [1.165, 1.54) is 16.4 Å². The second-order valence-electron chi connectivity index (χ2n) is 6.86. The van der Waals surface area contributed by atoms with Gasteiger partial charge < -0.3 is 20.2 Å². The number of rotatable bonds is 7. The van der Waals surface area contributed by atoms with E-state index in [1.807, 2.05) is 19.1 Å². The molecule has 0 spiro atoms. The number of benzene rings is 1. The summed E-state index contributed by atoms with van der Waals surface area (Å²) in [7, 11) is -3.85. The van der Waals surface area contributed by atoms with E-state index in [2.05, 4.69) is 19.4 Å². The van der Waals surface area contributed by atoms with Gasteiger partial charge in [-0.05, 0) is 44.0 Å². The summed E-state index contributed by atoms with van der Waals surface area (Å²) in [5.41, 5.74) is 0.130. The molecule has 0 bridgehead atoms.